The van der Waals surface area contributed by atoms with Gasteiger partial charge in [0.15, 0.2) is 0 Å². The van der Waals surface area contributed by atoms with Gasteiger partial charge in [-0.3, -0.25) is 0 Å². The third kappa shape index (κ3) is 2.78. The van der Waals surface area contributed by atoms with E-state index < -0.39 is 0 Å². The monoisotopic (exact) mass is 236 g/mol. The van der Waals surface area contributed by atoms with Crippen LogP contribution < -0.4 is 10.2 Å². The molecule has 0 saturated carbocycles. The fraction of sp³-hybridized carbons (Fsp3) is 0.571. The van der Waals surface area contributed by atoms with Crippen LogP contribution in [-0.2, 0) is 0 Å². The number of hydrogen-bond donors (Lipinski definition) is 1. The van der Waals surface area contributed by atoms with Gasteiger partial charge in [0.05, 0.1) is 5.69 Å². The van der Waals surface area contributed by atoms with Crippen molar-refractivity contribution in [2.75, 3.05) is 18.0 Å². The zero-order valence-electron chi connectivity index (χ0n) is 10.6. The van der Waals surface area contributed by atoms with Gasteiger partial charge >= 0.3 is 0 Å². The summed E-state index contributed by atoms with van der Waals surface area (Å²) >= 11 is 0. The summed E-state index contributed by atoms with van der Waals surface area (Å²) in [5, 5.41) is 3.48. The summed E-state index contributed by atoms with van der Waals surface area (Å²) in [7, 11) is 0. The van der Waals surface area contributed by atoms with Gasteiger partial charge < -0.3 is 10.2 Å². The minimum absolute atomic E-state index is 0.110. The quantitative estimate of drug-likeness (QED) is 0.868. The van der Waals surface area contributed by atoms with Crippen LogP contribution in [0.15, 0.2) is 24.3 Å². The molecule has 3 heteroatoms. The molecule has 1 heterocycles. The van der Waals surface area contributed by atoms with Crippen LogP contribution in [0.4, 0.5) is 10.1 Å². The van der Waals surface area contributed by atoms with Crippen molar-refractivity contribution in [3.63, 3.8) is 0 Å². The molecule has 2 atom stereocenters. The molecule has 0 spiro atoms. The standard InChI is InChI=1S/C14H21FN2/c1-3-16-12-8-9-17(11(2)10-12)14-7-5-4-6-13(14)15/h4-7,11-12,16H,3,8-10H2,1-2H3. The number of rotatable bonds is 3. The lowest BCUT2D eigenvalue weighted by Gasteiger charge is -2.39. The normalized spacial score (nSPS) is 25.0. The molecular formula is C14H21FN2. The van der Waals surface area contributed by atoms with E-state index in [1.54, 1.807) is 12.1 Å². The predicted molar refractivity (Wildman–Crippen MR) is 69.9 cm³/mol. The summed E-state index contributed by atoms with van der Waals surface area (Å²) in [5.74, 6) is -0.110. The van der Waals surface area contributed by atoms with Crippen molar-refractivity contribution in [2.24, 2.45) is 0 Å². The lowest BCUT2D eigenvalue weighted by Crippen LogP contribution is -2.47. The second kappa shape index (κ2) is 5.50. The molecule has 1 N–H and O–H groups in total. The maximum absolute atomic E-state index is 13.7. The van der Waals surface area contributed by atoms with Crippen LogP contribution in [0, 0.1) is 5.82 Å². The summed E-state index contributed by atoms with van der Waals surface area (Å²) in [4.78, 5) is 2.18. The van der Waals surface area contributed by atoms with E-state index in [1.807, 2.05) is 12.1 Å². The third-order valence-corrected chi connectivity index (χ3v) is 3.53. The molecule has 94 valence electrons. The minimum Gasteiger partial charge on any atom is -0.366 e. The molecule has 0 amide bonds. The summed E-state index contributed by atoms with van der Waals surface area (Å²) in [6.07, 6.45) is 2.18. The number of benzene rings is 1. The highest BCUT2D eigenvalue weighted by molar-refractivity contribution is 5.49. The van der Waals surface area contributed by atoms with Gasteiger partial charge in [-0.15, -0.1) is 0 Å². The Morgan fingerprint density at radius 2 is 2.18 bits per heavy atom. The molecule has 17 heavy (non-hydrogen) atoms. The topological polar surface area (TPSA) is 15.3 Å². The first-order chi connectivity index (χ1) is 8.22. The maximum atomic E-state index is 13.7. The van der Waals surface area contributed by atoms with E-state index in [2.05, 4.69) is 24.1 Å². The summed E-state index contributed by atoms with van der Waals surface area (Å²) < 4.78 is 13.7. The Morgan fingerprint density at radius 3 is 2.82 bits per heavy atom. The number of para-hydroxylation sites is 1. The Morgan fingerprint density at radius 1 is 1.41 bits per heavy atom. The van der Waals surface area contributed by atoms with E-state index >= 15 is 0 Å². The molecule has 1 aromatic rings. The smallest absolute Gasteiger partial charge is 0.146 e. The van der Waals surface area contributed by atoms with E-state index in [-0.39, 0.29) is 5.82 Å². The van der Waals surface area contributed by atoms with Crippen LogP contribution in [0.5, 0.6) is 0 Å². The first kappa shape index (κ1) is 12.4. The second-order valence-corrected chi connectivity index (χ2v) is 4.77. The number of nitrogens with zero attached hydrogens (tertiary/aromatic N) is 1. The van der Waals surface area contributed by atoms with Crippen molar-refractivity contribution in [1.82, 2.24) is 5.32 Å². The number of anilines is 1. The van der Waals surface area contributed by atoms with Crippen molar-refractivity contribution >= 4 is 5.69 Å². The lowest BCUT2D eigenvalue weighted by molar-refractivity contribution is 0.371. The number of halogens is 1. The molecule has 2 unspecified atom stereocenters. The highest BCUT2D eigenvalue weighted by Crippen LogP contribution is 2.26. The van der Waals surface area contributed by atoms with Crippen LogP contribution in [0.2, 0.25) is 0 Å². The van der Waals surface area contributed by atoms with Gasteiger partial charge in [0.2, 0.25) is 0 Å². The van der Waals surface area contributed by atoms with E-state index in [0.717, 1.165) is 31.6 Å². The first-order valence-electron chi connectivity index (χ1n) is 6.47. The van der Waals surface area contributed by atoms with Crippen LogP contribution >= 0.6 is 0 Å². The first-order valence-corrected chi connectivity index (χ1v) is 6.47. The molecular weight excluding hydrogens is 215 g/mol. The molecule has 1 saturated heterocycles. The zero-order chi connectivity index (χ0) is 12.3. The fourth-order valence-corrected chi connectivity index (χ4v) is 2.69. The predicted octanol–water partition coefficient (Wildman–Crippen LogP) is 2.79. The van der Waals surface area contributed by atoms with Crippen molar-refractivity contribution in [3.8, 4) is 0 Å². The molecule has 0 radical (unpaired) electrons. The highest BCUT2D eigenvalue weighted by Gasteiger charge is 2.26. The number of hydrogen-bond acceptors (Lipinski definition) is 2. The summed E-state index contributed by atoms with van der Waals surface area (Å²) in [6, 6.07) is 8.04. The largest absolute Gasteiger partial charge is 0.366 e. The van der Waals surface area contributed by atoms with Gasteiger partial charge in [0, 0.05) is 18.6 Å². The van der Waals surface area contributed by atoms with E-state index in [0.29, 0.717) is 12.1 Å². The average molecular weight is 236 g/mol. The van der Waals surface area contributed by atoms with Gasteiger partial charge in [-0.25, -0.2) is 4.39 Å². The molecule has 1 aliphatic heterocycles. The van der Waals surface area contributed by atoms with Crippen molar-refractivity contribution in [2.45, 2.75) is 38.8 Å². The minimum atomic E-state index is -0.110. The summed E-state index contributed by atoms with van der Waals surface area (Å²) in [6.45, 7) is 6.25. The third-order valence-electron chi connectivity index (χ3n) is 3.53. The van der Waals surface area contributed by atoms with Crippen LogP contribution in [0.3, 0.4) is 0 Å². The van der Waals surface area contributed by atoms with Crippen molar-refractivity contribution < 1.29 is 4.39 Å². The maximum Gasteiger partial charge on any atom is 0.146 e. The SMILES string of the molecule is CCNC1CCN(c2ccccc2F)C(C)C1. The van der Waals surface area contributed by atoms with Crippen LogP contribution in [-0.4, -0.2) is 25.2 Å². The number of nitrogens with one attached hydrogen (secondary N) is 1. The lowest BCUT2D eigenvalue weighted by atomic mass is 9.97. The van der Waals surface area contributed by atoms with Gasteiger partial charge in [-0.05, 0) is 38.4 Å². The molecule has 1 aliphatic rings. The highest BCUT2D eigenvalue weighted by atomic mass is 19.1. The van der Waals surface area contributed by atoms with E-state index in [1.165, 1.54) is 0 Å². The number of piperidine rings is 1. The van der Waals surface area contributed by atoms with Gasteiger partial charge in [-0.1, -0.05) is 19.1 Å². The van der Waals surface area contributed by atoms with Gasteiger partial charge in [-0.2, -0.15) is 0 Å². The Balaban J connectivity index is 2.07. The molecule has 1 fully saturated rings. The Labute approximate surface area is 103 Å². The second-order valence-electron chi connectivity index (χ2n) is 4.77. The van der Waals surface area contributed by atoms with Crippen LogP contribution in [0.25, 0.3) is 0 Å². The molecule has 0 bridgehead atoms. The summed E-state index contributed by atoms with van der Waals surface area (Å²) in [5.41, 5.74) is 0.745. The van der Waals surface area contributed by atoms with Crippen LogP contribution in [0.1, 0.15) is 26.7 Å². The van der Waals surface area contributed by atoms with E-state index in [4.69, 9.17) is 0 Å². The van der Waals surface area contributed by atoms with Gasteiger partial charge in [0.25, 0.3) is 0 Å². The Kier molecular flexibility index (Phi) is 4.00. The Hall–Kier alpha value is -1.09. The van der Waals surface area contributed by atoms with E-state index in [9.17, 15) is 4.39 Å². The molecule has 0 aliphatic carbocycles. The van der Waals surface area contributed by atoms with Gasteiger partial charge in [0.1, 0.15) is 5.82 Å². The zero-order valence-corrected chi connectivity index (χ0v) is 10.6. The van der Waals surface area contributed by atoms with Crippen molar-refractivity contribution in [1.29, 1.82) is 0 Å². The fourth-order valence-electron chi connectivity index (χ4n) is 2.69. The molecule has 1 aromatic carbocycles. The molecule has 0 aromatic heterocycles. The van der Waals surface area contributed by atoms with Crippen molar-refractivity contribution in [3.05, 3.63) is 30.1 Å². The average Bonchev–Trinajstić information content (AvgIpc) is 2.31. The Bertz CT molecular complexity index is 367. The molecule has 2 nitrogen and oxygen atoms in total. The molecule has 2 rings (SSSR count).